The second kappa shape index (κ2) is 6.67. The summed E-state index contributed by atoms with van der Waals surface area (Å²) in [6.45, 7) is 4.06. The molecule has 2 aliphatic rings. The first-order chi connectivity index (χ1) is 10.1. The van der Waals surface area contributed by atoms with E-state index in [0.717, 1.165) is 12.8 Å². The van der Waals surface area contributed by atoms with Crippen LogP contribution in [0.15, 0.2) is 5.16 Å². The number of rotatable bonds is 9. The Morgan fingerprint density at radius 2 is 1.71 bits per heavy atom. The molecule has 0 aliphatic heterocycles. The maximum absolute atomic E-state index is 12.9. The molecule has 2 saturated carbocycles. The lowest BCUT2D eigenvalue weighted by Gasteiger charge is -2.33. The van der Waals surface area contributed by atoms with Crippen LogP contribution >= 0.6 is 0 Å². The summed E-state index contributed by atoms with van der Waals surface area (Å²) in [4.78, 5) is 12.9. The fraction of sp³-hybridized carbons (Fsp3) is 0.875. The third-order valence-electron chi connectivity index (χ3n) is 4.94. The van der Waals surface area contributed by atoms with Gasteiger partial charge in [0.1, 0.15) is 5.41 Å². The van der Waals surface area contributed by atoms with Gasteiger partial charge in [-0.05, 0) is 50.4 Å². The van der Waals surface area contributed by atoms with Crippen LogP contribution in [0.4, 0.5) is 0 Å². The third-order valence-corrected chi connectivity index (χ3v) is 4.94. The topological polar surface area (TPSA) is 87.7 Å². The minimum atomic E-state index is -0.847. The van der Waals surface area contributed by atoms with Crippen molar-refractivity contribution in [3.8, 4) is 0 Å². The van der Waals surface area contributed by atoms with Crippen LogP contribution < -0.4 is 11.1 Å². The Hall–Kier alpha value is -1.26. The molecule has 0 saturated heterocycles. The van der Waals surface area contributed by atoms with Gasteiger partial charge < -0.3 is 16.3 Å². The molecule has 0 spiro atoms. The molecule has 0 aromatic heterocycles. The molecule has 0 radical (unpaired) electrons. The molecule has 5 nitrogen and oxygen atoms in total. The van der Waals surface area contributed by atoms with Crippen LogP contribution in [-0.4, -0.2) is 23.0 Å². The molecule has 0 bridgehead atoms. The van der Waals surface area contributed by atoms with Crippen LogP contribution in [0.1, 0.15) is 65.2 Å². The standard InChI is InChI=1S/C16H29N3O2/c1-3-9-16(10-4-2,14(17)19-21)15(20)18-13(11-5-6-11)12-7-8-12/h11-13,21H,3-10H2,1-2H3,(H2,17,19)(H,18,20). The van der Waals surface area contributed by atoms with Crippen LogP contribution in [0.3, 0.4) is 0 Å². The van der Waals surface area contributed by atoms with Crippen molar-refractivity contribution in [2.24, 2.45) is 28.1 Å². The summed E-state index contributed by atoms with van der Waals surface area (Å²) in [6.07, 6.45) is 7.82. The molecular formula is C16H29N3O2. The quantitative estimate of drug-likeness (QED) is 0.264. The molecule has 4 N–H and O–H groups in total. The average Bonchev–Trinajstić information content (AvgIpc) is 3.36. The summed E-state index contributed by atoms with van der Waals surface area (Å²) in [6, 6.07) is 0.303. The molecule has 0 atom stereocenters. The normalized spacial score (nSPS) is 19.9. The van der Waals surface area contributed by atoms with Crippen molar-refractivity contribution >= 4 is 11.7 Å². The minimum absolute atomic E-state index is 0.0368. The van der Waals surface area contributed by atoms with E-state index in [1.807, 2.05) is 13.8 Å². The Kier molecular flexibility index (Phi) is 5.12. The number of carbonyl (C=O) groups is 1. The monoisotopic (exact) mass is 295 g/mol. The Bertz CT molecular complexity index is 382. The maximum Gasteiger partial charge on any atom is 0.234 e. The third kappa shape index (κ3) is 3.50. The van der Waals surface area contributed by atoms with Gasteiger partial charge in [0.2, 0.25) is 5.91 Å². The van der Waals surface area contributed by atoms with Gasteiger partial charge in [0, 0.05) is 6.04 Å². The predicted octanol–water partition coefficient (Wildman–Crippen LogP) is 2.62. The van der Waals surface area contributed by atoms with Crippen molar-refractivity contribution in [2.75, 3.05) is 0 Å². The Morgan fingerprint density at radius 1 is 1.24 bits per heavy atom. The highest BCUT2D eigenvalue weighted by atomic mass is 16.4. The second-order valence-corrected chi connectivity index (χ2v) is 6.74. The first-order valence-corrected chi connectivity index (χ1v) is 8.38. The SMILES string of the molecule is CCCC(CCC)(C(=O)NC(C1CC1)C1CC1)C(N)=NO. The molecular weight excluding hydrogens is 266 g/mol. The largest absolute Gasteiger partial charge is 0.409 e. The number of nitrogens with zero attached hydrogens (tertiary/aromatic N) is 1. The number of amides is 1. The number of nitrogens with two attached hydrogens (primary N) is 1. The second-order valence-electron chi connectivity index (χ2n) is 6.74. The fourth-order valence-electron chi connectivity index (χ4n) is 3.49. The summed E-state index contributed by atoms with van der Waals surface area (Å²) >= 11 is 0. The van der Waals surface area contributed by atoms with E-state index in [1.54, 1.807) is 0 Å². The van der Waals surface area contributed by atoms with Gasteiger partial charge in [0.05, 0.1) is 0 Å². The van der Waals surface area contributed by atoms with Gasteiger partial charge in [-0.1, -0.05) is 31.8 Å². The molecule has 0 aromatic carbocycles. The van der Waals surface area contributed by atoms with E-state index >= 15 is 0 Å². The lowest BCUT2D eigenvalue weighted by Crippen LogP contribution is -2.53. The summed E-state index contributed by atoms with van der Waals surface area (Å²) in [5.41, 5.74) is 5.08. The van der Waals surface area contributed by atoms with E-state index < -0.39 is 5.41 Å². The van der Waals surface area contributed by atoms with Crippen molar-refractivity contribution < 1.29 is 10.0 Å². The van der Waals surface area contributed by atoms with Gasteiger partial charge in [0.15, 0.2) is 5.84 Å². The number of oxime groups is 1. The molecule has 120 valence electrons. The van der Waals surface area contributed by atoms with Gasteiger partial charge in [-0.2, -0.15) is 0 Å². The van der Waals surface area contributed by atoms with Crippen molar-refractivity contribution in [1.29, 1.82) is 0 Å². The minimum Gasteiger partial charge on any atom is -0.409 e. The van der Waals surface area contributed by atoms with Crippen molar-refractivity contribution in [3.05, 3.63) is 0 Å². The highest BCUT2D eigenvalue weighted by Crippen LogP contribution is 2.45. The summed E-state index contributed by atoms with van der Waals surface area (Å²) in [7, 11) is 0. The van der Waals surface area contributed by atoms with Crippen molar-refractivity contribution in [1.82, 2.24) is 5.32 Å². The van der Waals surface area contributed by atoms with Crippen LogP contribution in [0.2, 0.25) is 0 Å². The van der Waals surface area contributed by atoms with Crippen LogP contribution in [0, 0.1) is 17.3 Å². The van der Waals surface area contributed by atoms with Crippen molar-refractivity contribution in [3.63, 3.8) is 0 Å². The summed E-state index contributed by atoms with van der Waals surface area (Å²) in [5, 5.41) is 15.6. The van der Waals surface area contributed by atoms with Gasteiger partial charge in [-0.15, -0.1) is 0 Å². The summed E-state index contributed by atoms with van der Waals surface area (Å²) in [5.74, 6) is 1.32. The van der Waals surface area contributed by atoms with E-state index in [9.17, 15) is 4.79 Å². The zero-order valence-corrected chi connectivity index (χ0v) is 13.3. The first-order valence-electron chi connectivity index (χ1n) is 8.38. The zero-order chi connectivity index (χ0) is 15.5. The van der Waals surface area contributed by atoms with Gasteiger partial charge in [-0.25, -0.2) is 0 Å². The highest BCUT2D eigenvalue weighted by molar-refractivity contribution is 6.06. The Balaban J connectivity index is 2.15. The fourth-order valence-corrected chi connectivity index (χ4v) is 3.49. The average molecular weight is 295 g/mol. The Morgan fingerprint density at radius 3 is 2.05 bits per heavy atom. The van der Waals surface area contributed by atoms with Gasteiger partial charge in [-0.3, -0.25) is 4.79 Å². The molecule has 2 fully saturated rings. The molecule has 0 heterocycles. The molecule has 5 heteroatoms. The number of hydrogen-bond acceptors (Lipinski definition) is 3. The molecule has 2 aliphatic carbocycles. The number of hydrogen-bond donors (Lipinski definition) is 3. The highest BCUT2D eigenvalue weighted by Gasteiger charge is 2.47. The molecule has 2 rings (SSSR count). The predicted molar refractivity (Wildman–Crippen MR) is 83.0 cm³/mol. The summed E-state index contributed by atoms with van der Waals surface area (Å²) < 4.78 is 0. The Labute approximate surface area is 127 Å². The van der Waals surface area contributed by atoms with Crippen LogP contribution in [-0.2, 0) is 4.79 Å². The molecule has 0 unspecified atom stereocenters. The smallest absolute Gasteiger partial charge is 0.234 e. The molecule has 0 aromatic rings. The van der Waals surface area contributed by atoms with E-state index in [1.165, 1.54) is 25.7 Å². The lowest BCUT2D eigenvalue weighted by atomic mass is 9.76. The number of amidine groups is 1. The molecule has 1 amide bonds. The van der Waals surface area contributed by atoms with E-state index in [2.05, 4.69) is 10.5 Å². The van der Waals surface area contributed by atoms with Crippen LogP contribution in [0.5, 0.6) is 0 Å². The van der Waals surface area contributed by atoms with Gasteiger partial charge in [0.25, 0.3) is 0 Å². The number of carbonyl (C=O) groups excluding carboxylic acids is 1. The maximum atomic E-state index is 12.9. The number of nitrogens with one attached hydrogen (secondary N) is 1. The lowest BCUT2D eigenvalue weighted by molar-refractivity contribution is -0.129. The first kappa shape index (κ1) is 16.1. The zero-order valence-electron chi connectivity index (χ0n) is 13.3. The van der Waals surface area contributed by atoms with Crippen molar-refractivity contribution in [2.45, 2.75) is 71.3 Å². The van der Waals surface area contributed by atoms with Crippen LogP contribution in [0.25, 0.3) is 0 Å². The van der Waals surface area contributed by atoms with E-state index in [-0.39, 0.29) is 11.7 Å². The van der Waals surface area contributed by atoms with Gasteiger partial charge >= 0.3 is 0 Å². The van der Waals surface area contributed by atoms with E-state index in [0.29, 0.717) is 30.7 Å². The van der Waals surface area contributed by atoms with E-state index in [4.69, 9.17) is 10.9 Å². The molecule has 21 heavy (non-hydrogen) atoms.